The summed E-state index contributed by atoms with van der Waals surface area (Å²) < 4.78 is 10.1. The number of hydrazone groups is 1. The van der Waals surface area contributed by atoms with Crippen molar-refractivity contribution in [2.75, 3.05) is 6.54 Å². The van der Waals surface area contributed by atoms with Gasteiger partial charge in [0.15, 0.2) is 0 Å². The van der Waals surface area contributed by atoms with Crippen LogP contribution in [-0.4, -0.2) is 30.5 Å². The third-order valence-corrected chi connectivity index (χ3v) is 2.64. The van der Waals surface area contributed by atoms with Crippen molar-refractivity contribution in [2.45, 2.75) is 45.8 Å². The highest BCUT2D eigenvalue weighted by Crippen LogP contribution is 2.06. The van der Waals surface area contributed by atoms with E-state index in [1.807, 2.05) is 51.1 Å². The van der Waals surface area contributed by atoms with Crippen molar-refractivity contribution in [3.8, 4) is 0 Å². The number of benzene rings is 1. The van der Waals surface area contributed by atoms with Gasteiger partial charge in [-0.3, -0.25) is 0 Å². The molecule has 0 unspecified atom stereocenters. The zero-order valence-electron chi connectivity index (χ0n) is 14.4. The molecule has 7 heteroatoms. The van der Waals surface area contributed by atoms with Crippen molar-refractivity contribution in [1.82, 2.24) is 10.7 Å². The fourth-order valence-electron chi connectivity index (χ4n) is 1.62. The molecule has 0 aliphatic heterocycles. The molecule has 132 valence electrons. The van der Waals surface area contributed by atoms with E-state index in [0.29, 0.717) is 19.4 Å². The maximum absolute atomic E-state index is 11.4. The lowest BCUT2D eigenvalue weighted by Gasteiger charge is -2.19. The average Bonchev–Trinajstić information content (AvgIpc) is 2.51. The molecule has 0 aliphatic carbocycles. The van der Waals surface area contributed by atoms with E-state index in [4.69, 9.17) is 9.47 Å². The molecule has 0 saturated carbocycles. The van der Waals surface area contributed by atoms with Crippen LogP contribution in [0.2, 0.25) is 0 Å². The SMILES string of the molecule is CC(C)(C)OC(=O)NCCCC=NNC(=O)OCc1ccccc1. The van der Waals surface area contributed by atoms with Crippen LogP contribution in [0.3, 0.4) is 0 Å². The van der Waals surface area contributed by atoms with Crippen molar-refractivity contribution < 1.29 is 19.1 Å². The Bertz CT molecular complexity index is 539. The van der Waals surface area contributed by atoms with Gasteiger partial charge in [-0.1, -0.05) is 30.3 Å². The number of nitrogens with zero attached hydrogens (tertiary/aromatic N) is 1. The lowest BCUT2D eigenvalue weighted by Crippen LogP contribution is -2.33. The van der Waals surface area contributed by atoms with Crippen molar-refractivity contribution in [2.24, 2.45) is 5.10 Å². The predicted molar refractivity (Wildman–Crippen MR) is 91.7 cm³/mol. The Hall–Kier alpha value is -2.57. The van der Waals surface area contributed by atoms with Crippen LogP contribution in [0.25, 0.3) is 0 Å². The minimum atomic E-state index is -0.609. The Balaban J connectivity index is 2.05. The Labute approximate surface area is 142 Å². The highest BCUT2D eigenvalue weighted by Gasteiger charge is 2.15. The summed E-state index contributed by atoms with van der Waals surface area (Å²) in [6.07, 6.45) is 1.79. The van der Waals surface area contributed by atoms with Gasteiger partial charge in [0.2, 0.25) is 0 Å². The first kappa shape index (κ1) is 19.5. The van der Waals surface area contributed by atoms with Gasteiger partial charge in [0.25, 0.3) is 0 Å². The maximum Gasteiger partial charge on any atom is 0.428 e. The second-order valence-electron chi connectivity index (χ2n) is 6.06. The zero-order chi connectivity index (χ0) is 17.8. The molecule has 0 aliphatic rings. The number of amides is 2. The van der Waals surface area contributed by atoms with Gasteiger partial charge in [0.1, 0.15) is 12.2 Å². The number of hydrogen-bond donors (Lipinski definition) is 2. The quantitative estimate of drug-likeness (QED) is 0.455. The van der Waals surface area contributed by atoms with Gasteiger partial charge < -0.3 is 14.8 Å². The minimum absolute atomic E-state index is 0.196. The monoisotopic (exact) mass is 335 g/mol. The molecule has 24 heavy (non-hydrogen) atoms. The summed E-state index contributed by atoms with van der Waals surface area (Å²) in [5, 5.41) is 6.41. The van der Waals surface area contributed by atoms with Gasteiger partial charge in [0.05, 0.1) is 0 Å². The number of hydrogen-bond acceptors (Lipinski definition) is 5. The number of carbonyl (C=O) groups excluding carboxylic acids is 2. The molecule has 7 nitrogen and oxygen atoms in total. The molecule has 0 saturated heterocycles. The van der Waals surface area contributed by atoms with Crippen molar-refractivity contribution in [3.05, 3.63) is 35.9 Å². The molecular weight excluding hydrogens is 310 g/mol. The summed E-state index contributed by atoms with van der Waals surface area (Å²) in [7, 11) is 0. The van der Waals surface area contributed by atoms with E-state index in [2.05, 4.69) is 15.8 Å². The molecule has 1 rings (SSSR count). The molecule has 0 fully saturated rings. The van der Waals surface area contributed by atoms with Crippen LogP contribution < -0.4 is 10.7 Å². The lowest BCUT2D eigenvalue weighted by atomic mass is 10.2. The minimum Gasteiger partial charge on any atom is -0.444 e. The highest BCUT2D eigenvalue weighted by atomic mass is 16.6. The van der Waals surface area contributed by atoms with Crippen LogP contribution >= 0.6 is 0 Å². The van der Waals surface area contributed by atoms with E-state index in [9.17, 15) is 9.59 Å². The van der Waals surface area contributed by atoms with Crippen LogP contribution in [0.1, 0.15) is 39.2 Å². The van der Waals surface area contributed by atoms with E-state index < -0.39 is 17.8 Å². The molecular formula is C17H25N3O4. The fraction of sp³-hybridized carbons (Fsp3) is 0.471. The van der Waals surface area contributed by atoms with Gasteiger partial charge in [-0.05, 0) is 39.2 Å². The molecule has 1 aromatic rings. The summed E-state index contributed by atoms with van der Waals surface area (Å²) in [6.45, 7) is 6.09. The summed E-state index contributed by atoms with van der Waals surface area (Å²) >= 11 is 0. The van der Waals surface area contributed by atoms with Gasteiger partial charge in [-0.15, -0.1) is 0 Å². The number of carbonyl (C=O) groups is 2. The molecule has 0 atom stereocenters. The number of nitrogens with one attached hydrogen (secondary N) is 2. The molecule has 0 radical (unpaired) electrons. The molecule has 0 heterocycles. The largest absolute Gasteiger partial charge is 0.444 e. The van der Waals surface area contributed by atoms with Gasteiger partial charge in [0, 0.05) is 12.8 Å². The highest BCUT2D eigenvalue weighted by molar-refractivity contribution is 5.69. The topological polar surface area (TPSA) is 89.0 Å². The van der Waals surface area contributed by atoms with Crippen molar-refractivity contribution in [1.29, 1.82) is 0 Å². The Morgan fingerprint density at radius 3 is 2.54 bits per heavy atom. The van der Waals surface area contributed by atoms with Crippen LogP contribution in [-0.2, 0) is 16.1 Å². The Morgan fingerprint density at radius 2 is 1.88 bits per heavy atom. The molecule has 2 N–H and O–H groups in total. The Morgan fingerprint density at radius 1 is 1.17 bits per heavy atom. The Kier molecular flexibility index (Phi) is 8.32. The third-order valence-electron chi connectivity index (χ3n) is 2.64. The van der Waals surface area contributed by atoms with E-state index >= 15 is 0 Å². The fourth-order valence-corrected chi connectivity index (χ4v) is 1.62. The molecule has 0 spiro atoms. The van der Waals surface area contributed by atoms with Crippen LogP contribution in [0, 0.1) is 0 Å². The summed E-state index contributed by atoms with van der Waals surface area (Å²) in [6, 6.07) is 9.38. The summed E-state index contributed by atoms with van der Waals surface area (Å²) in [5.41, 5.74) is 2.68. The van der Waals surface area contributed by atoms with E-state index in [1.165, 1.54) is 0 Å². The summed E-state index contributed by atoms with van der Waals surface area (Å²) in [5.74, 6) is 0. The lowest BCUT2D eigenvalue weighted by molar-refractivity contribution is 0.0527. The van der Waals surface area contributed by atoms with Crippen molar-refractivity contribution in [3.63, 3.8) is 0 Å². The first-order valence-corrected chi connectivity index (χ1v) is 7.82. The smallest absolute Gasteiger partial charge is 0.428 e. The standard InChI is InChI=1S/C17H25N3O4/c1-17(2,3)24-15(21)18-11-7-8-12-19-20-16(22)23-13-14-9-5-4-6-10-14/h4-6,9-10,12H,7-8,11,13H2,1-3H3,(H,18,21)(H,20,22). The van der Waals surface area contributed by atoms with Crippen LogP contribution in [0.4, 0.5) is 9.59 Å². The van der Waals surface area contributed by atoms with Crippen LogP contribution in [0.5, 0.6) is 0 Å². The number of alkyl carbamates (subject to hydrolysis) is 1. The molecule has 0 bridgehead atoms. The average molecular weight is 335 g/mol. The zero-order valence-corrected chi connectivity index (χ0v) is 14.4. The number of rotatable bonds is 7. The number of ether oxygens (including phenoxy) is 2. The van der Waals surface area contributed by atoms with Crippen LogP contribution in [0.15, 0.2) is 35.4 Å². The predicted octanol–water partition coefficient (Wildman–Crippen LogP) is 3.20. The van der Waals surface area contributed by atoms with Crippen molar-refractivity contribution >= 4 is 18.4 Å². The second-order valence-corrected chi connectivity index (χ2v) is 6.06. The maximum atomic E-state index is 11.4. The molecule has 0 aromatic heterocycles. The first-order valence-electron chi connectivity index (χ1n) is 7.82. The number of unbranched alkanes of at least 4 members (excludes halogenated alkanes) is 1. The van der Waals surface area contributed by atoms with E-state index in [-0.39, 0.29) is 6.61 Å². The van der Waals surface area contributed by atoms with E-state index in [0.717, 1.165) is 5.56 Å². The van der Waals surface area contributed by atoms with Gasteiger partial charge in [-0.25, -0.2) is 15.0 Å². The van der Waals surface area contributed by atoms with Gasteiger partial charge >= 0.3 is 12.2 Å². The third kappa shape index (κ3) is 10.2. The summed E-state index contributed by atoms with van der Waals surface area (Å²) in [4.78, 5) is 22.8. The molecule has 1 aromatic carbocycles. The first-order chi connectivity index (χ1) is 11.4. The van der Waals surface area contributed by atoms with Gasteiger partial charge in [-0.2, -0.15) is 5.10 Å². The molecule has 2 amide bonds. The van der Waals surface area contributed by atoms with E-state index in [1.54, 1.807) is 6.21 Å². The second kappa shape index (κ2) is 10.3. The normalized spacial score (nSPS) is 11.1.